The number of hydrogen-bond acceptors (Lipinski definition) is 4. The van der Waals surface area contributed by atoms with E-state index >= 15 is 0 Å². The summed E-state index contributed by atoms with van der Waals surface area (Å²) in [6.45, 7) is 3.95. The van der Waals surface area contributed by atoms with Crippen LogP contribution in [0.4, 0.5) is 5.69 Å². The van der Waals surface area contributed by atoms with Gasteiger partial charge in [0.25, 0.3) is 5.91 Å². The van der Waals surface area contributed by atoms with Gasteiger partial charge in [-0.1, -0.05) is 0 Å². The van der Waals surface area contributed by atoms with Crippen LogP contribution < -0.4 is 16.4 Å². The summed E-state index contributed by atoms with van der Waals surface area (Å²) >= 11 is 0. The van der Waals surface area contributed by atoms with Crippen molar-refractivity contribution in [3.05, 3.63) is 30.0 Å². The molecule has 0 aliphatic heterocycles. The van der Waals surface area contributed by atoms with Crippen molar-refractivity contribution in [2.24, 2.45) is 0 Å². The van der Waals surface area contributed by atoms with E-state index in [0.29, 0.717) is 17.8 Å². The molecule has 2 rings (SSSR count). The van der Waals surface area contributed by atoms with Crippen molar-refractivity contribution in [3.8, 4) is 0 Å². The van der Waals surface area contributed by atoms with Gasteiger partial charge in [-0.2, -0.15) is 0 Å². The summed E-state index contributed by atoms with van der Waals surface area (Å²) in [4.78, 5) is 23.6. The second kappa shape index (κ2) is 5.64. The van der Waals surface area contributed by atoms with Crippen molar-refractivity contribution in [1.82, 2.24) is 10.6 Å². The monoisotopic (exact) mass is 275 g/mol. The highest BCUT2D eigenvalue weighted by molar-refractivity contribution is 5.98. The predicted molar refractivity (Wildman–Crippen MR) is 76.2 cm³/mol. The van der Waals surface area contributed by atoms with Crippen LogP contribution in [-0.2, 0) is 4.79 Å². The lowest BCUT2D eigenvalue weighted by Crippen LogP contribution is -2.44. The van der Waals surface area contributed by atoms with Crippen molar-refractivity contribution in [1.29, 1.82) is 0 Å². The topological polar surface area (TPSA) is 97.4 Å². The Bertz CT molecular complexity index is 648. The Balaban J connectivity index is 2.13. The molecule has 0 bridgehead atoms. The first-order valence-electron chi connectivity index (χ1n) is 6.39. The number of nitrogen functional groups attached to an aromatic ring is 1. The lowest BCUT2D eigenvalue weighted by molar-refractivity contribution is -0.122. The normalized spacial score (nSPS) is 12.1. The van der Waals surface area contributed by atoms with Crippen molar-refractivity contribution < 1.29 is 14.0 Å². The second-order valence-corrected chi connectivity index (χ2v) is 4.50. The molecular formula is C14H17N3O3. The van der Waals surface area contributed by atoms with E-state index in [-0.39, 0.29) is 11.7 Å². The number of nitrogens with one attached hydrogen (secondary N) is 2. The molecule has 0 aliphatic carbocycles. The van der Waals surface area contributed by atoms with Gasteiger partial charge in [0.15, 0.2) is 5.76 Å². The lowest BCUT2D eigenvalue weighted by atomic mass is 10.2. The molecule has 0 saturated heterocycles. The molecule has 1 unspecified atom stereocenters. The summed E-state index contributed by atoms with van der Waals surface area (Å²) in [6, 6.07) is 6.11. The van der Waals surface area contributed by atoms with Crippen LogP contribution in [0.3, 0.4) is 0 Å². The van der Waals surface area contributed by atoms with Crippen LogP contribution in [0.1, 0.15) is 24.4 Å². The number of carbonyl (C=O) groups excluding carboxylic acids is 2. The van der Waals surface area contributed by atoms with Crippen molar-refractivity contribution >= 4 is 28.5 Å². The van der Waals surface area contributed by atoms with E-state index in [2.05, 4.69) is 10.6 Å². The zero-order valence-corrected chi connectivity index (χ0v) is 11.4. The van der Waals surface area contributed by atoms with Gasteiger partial charge < -0.3 is 20.8 Å². The number of hydrogen-bond donors (Lipinski definition) is 3. The first-order chi connectivity index (χ1) is 9.51. The minimum absolute atomic E-state index is 0.154. The summed E-state index contributed by atoms with van der Waals surface area (Å²) in [5, 5.41) is 5.97. The molecular weight excluding hydrogens is 258 g/mol. The Labute approximate surface area is 116 Å². The molecule has 1 heterocycles. The van der Waals surface area contributed by atoms with Gasteiger partial charge in [0.1, 0.15) is 11.6 Å². The number of nitrogens with two attached hydrogens (primary N) is 1. The number of fused-ring (bicyclic) bond motifs is 1. The third kappa shape index (κ3) is 2.90. The van der Waals surface area contributed by atoms with Crippen LogP contribution in [0.25, 0.3) is 11.0 Å². The molecule has 0 fully saturated rings. The van der Waals surface area contributed by atoms with E-state index in [4.69, 9.17) is 10.2 Å². The number of anilines is 1. The molecule has 2 aromatic rings. The van der Waals surface area contributed by atoms with Gasteiger partial charge in [0, 0.05) is 17.6 Å². The SMILES string of the molecule is CCNC(=O)C(C)NC(=O)c1cc2cc(N)ccc2o1. The number of benzene rings is 1. The molecule has 0 saturated carbocycles. The third-order valence-electron chi connectivity index (χ3n) is 2.86. The highest BCUT2D eigenvalue weighted by atomic mass is 16.3. The van der Waals surface area contributed by atoms with E-state index in [1.807, 2.05) is 6.92 Å². The number of rotatable bonds is 4. The highest BCUT2D eigenvalue weighted by Gasteiger charge is 2.18. The summed E-state index contributed by atoms with van der Waals surface area (Å²) < 4.78 is 5.43. The Kier molecular flexibility index (Phi) is 3.93. The summed E-state index contributed by atoms with van der Waals surface area (Å²) in [7, 11) is 0. The van der Waals surface area contributed by atoms with Gasteiger partial charge in [-0.05, 0) is 38.1 Å². The van der Waals surface area contributed by atoms with Gasteiger partial charge in [-0.3, -0.25) is 9.59 Å². The number of furan rings is 1. The first kappa shape index (κ1) is 13.9. The summed E-state index contributed by atoms with van der Waals surface area (Å²) in [5.74, 6) is -0.513. The number of carbonyl (C=O) groups is 2. The second-order valence-electron chi connectivity index (χ2n) is 4.50. The standard InChI is InChI=1S/C14H17N3O3/c1-3-16-13(18)8(2)17-14(19)12-7-9-6-10(15)4-5-11(9)20-12/h4-8H,3,15H2,1-2H3,(H,16,18)(H,17,19). The van der Waals surface area contributed by atoms with E-state index in [0.717, 1.165) is 5.39 Å². The minimum Gasteiger partial charge on any atom is -0.451 e. The van der Waals surface area contributed by atoms with E-state index in [1.54, 1.807) is 31.2 Å². The van der Waals surface area contributed by atoms with Crippen LogP contribution in [0.2, 0.25) is 0 Å². The average molecular weight is 275 g/mol. The van der Waals surface area contributed by atoms with Crippen molar-refractivity contribution in [3.63, 3.8) is 0 Å². The van der Waals surface area contributed by atoms with Crippen LogP contribution in [-0.4, -0.2) is 24.4 Å². The molecule has 4 N–H and O–H groups in total. The lowest BCUT2D eigenvalue weighted by Gasteiger charge is -2.11. The molecule has 20 heavy (non-hydrogen) atoms. The molecule has 1 aromatic carbocycles. The van der Waals surface area contributed by atoms with Crippen molar-refractivity contribution in [2.45, 2.75) is 19.9 Å². The molecule has 106 valence electrons. The fourth-order valence-corrected chi connectivity index (χ4v) is 1.83. The largest absolute Gasteiger partial charge is 0.451 e. The quantitative estimate of drug-likeness (QED) is 0.732. The summed E-state index contributed by atoms with van der Waals surface area (Å²) in [5.41, 5.74) is 6.84. The van der Waals surface area contributed by atoms with Crippen LogP contribution in [0.15, 0.2) is 28.7 Å². The number of likely N-dealkylation sites (N-methyl/N-ethyl adjacent to an activating group) is 1. The van der Waals surface area contributed by atoms with Gasteiger partial charge in [-0.25, -0.2) is 0 Å². The fourth-order valence-electron chi connectivity index (χ4n) is 1.83. The van der Waals surface area contributed by atoms with Crippen molar-refractivity contribution in [2.75, 3.05) is 12.3 Å². The smallest absolute Gasteiger partial charge is 0.287 e. The fraction of sp³-hybridized carbons (Fsp3) is 0.286. The molecule has 0 aliphatic rings. The van der Waals surface area contributed by atoms with Gasteiger partial charge in [-0.15, -0.1) is 0 Å². The number of amides is 2. The Morgan fingerprint density at radius 2 is 2.10 bits per heavy atom. The third-order valence-corrected chi connectivity index (χ3v) is 2.86. The average Bonchev–Trinajstić information content (AvgIpc) is 2.81. The Hall–Kier alpha value is -2.50. The highest BCUT2D eigenvalue weighted by Crippen LogP contribution is 2.21. The van der Waals surface area contributed by atoms with Gasteiger partial charge in [0.2, 0.25) is 5.91 Å². The van der Waals surface area contributed by atoms with Crippen LogP contribution >= 0.6 is 0 Å². The molecule has 1 atom stereocenters. The molecule has 2 amide bonds. The Morgan fingerprint density at radius 3 is 2.80 bits per heavy atom. The molecule has 6 heteroatoms. The maximum absolute atomic E-state index is 12.0. The molecule has 0 radical (unpaired) electrons. The molecule has 1 aromatic heterocycles. The molecule has 6 nitrogen and oxygen atoms in total. The molecule has 0 spiro atoms. The van der Waals surface area contributed by atoms with E-state index in [1.165, 1.54) is 0 Å². The van der Waals surface area contributed by atoms with Gasteiger partial charge >= 0.3 is 0 Å². The van der Waals surface area contributed by atoms with E-state index in [9.17, 15) is 9.59 Å². The zero-order valence-electron chi connectivity index (χ0n) is 11.4. The van der Waals surface area contributed by atoms with Gasteiger partial charge in [0.05, 0.1) is 0 Å². The summed E-state index contributed by atoms with van der Waals surface area (Å²) in [6.07, 6.45) is 0. The van der Waals surface area contributed by atoms with Crippen LogP contribution in [0, 0.1) is 0 Å². The maximum Gasteiger partial charge on any atom is 0.287 e. The van der Waals surface area contributed by atoms with Crippen LogP contribution in [0.5, 0.6) is 0 Å². The zero-order chi connectivity index (χ0) is 14.7. The predicted octanol–water partition coefficient (Wildman–Crippen LogP) is 1.27. The van der Waals surface area contributed by atoms with E-state index < -0.39 is 11.9 Å². The first-order valence-corrected chi connectivity index (χ1v) is 6.39. The Morgan fingerprint density at radius 1 is 1.35 bits per heavy atom. The maximum atomic E-state index is 12.0. The minimum atomic E-state index is -0.624.